The van der Waals surface area contributed by atoms with Crippen LogP contribution in [0.3, 0.4) is 0 Å². The number of benzene rings is 1. The second-order valence-corrected chi connectivity index (χ2v) is 5.56. The highest BCUT2D eigenvalue weighted by Gasteiger charge is 2.28. The highest BCUT2D eigenvalue weighted by atomic mass is 16.6. The molecule has 0 saturated carbocycles. The number of nitrogens with one attached hydrogen (secondary N) is 1. The third-order valence-electron chi connectivity index (χ3n) is 3.95. The first kappa shape index (κ1) is 17.7. The summed E-state index contributed by atoms with van der Waals surface area (Å²) in [6.07, 6.45) is 0.705. The second-order valence-electron chi connectivity index (χ2n) is 5.56. The van der Waals surface area contributed by atoms with Crippen molar-refractivity contribution in [3.8, 4) is 5.75 Å². The number of carbonyl (C=O) groups excluding carboxylic acids is 1. The van der Waals surface area contributed by atoms with E-state index in [1.165, 1.54) is 25.3 Å². The van der Waals surface area contributed by atoms with Crippen LogP contribution >= 0.6 is 0 Å². The van der Waals surface area contributed by atoms with Gasteiger partial charge in [-0.2, -0.15) is 0 Å². The average Bonchev–Trinajstić information content (AvgIpc) is 3.02. The number of carbonyl (C=O) groups is 2. The molecular formula is C15H19N3O6. The minimum Gasteiger partial charge on any atom is -0.496 e. The van der Waals surface area contributed by atoms with Gasteiger partial charge in [0.15, 0.2) is 0 Å². The monoisotopic (exact) mass is 337 g/mol. The van der Waals surface area contributed by atoms with Crippen molar-refractivity contribution in [3.63, 3.8) is 0 Å². The molecule has 0 radical (unpaired) electrons. The molecule has 24 heavy (non-hydrogen) atoms. The summed E-state index contributed by atoms with van der Waals surface area (Å²) in [6.45, 7) is 1.47. The molecule has 1 heterocycles. The lowest BCUT2D eigenvalue weighted by Gasteiger charge is -2.14. The maximum atomic E-state index is 12.0. The zero-order valence-corrected chi connectivity index (χ0v) is 13.2. The van der Waals surface area contributed by atoms with E-state index in [2.05, 4.69) is 5.32 Å². The van der Waals surface area contributed by atoms with Crippen molar-refractivity contribution in [1.29, 1.82) is 0 Å². The summed E-state index contributed by atoms with van der Waals surface area (Å²) in [5.41, 5.74) is -0.134. The molecule has 1 amide bonds. The van der Waals surface area contributed by atoms with E-state index < -0.39 is 16.8 Å². The molecule has 1 aromatic rings. The third kappa shape index (κ3) is 4.42. The Morgan fingerprint density at radius 2 is 2.25 bits per heavy atom. The maximum absolute atomic E-state index is 12.0. The van der Waals surface area contributed by atoms with Gasteiger partial charge in [0.1, 0.15) is 11.4 Å². The number of hydrogen-bond acceptors (Lipinski definition) is 6. The van der Waals surface area contributed by atoms with Gasteiger partial charge in [0, 0.05) is 19.5 Å². The molecule has 2 rings (SSSR count). The lowest BCUT2D eigenvalue weighted by molar-refractivity contribution is -0.384. The molecule has 1 saturated heterocycles. The van der Waals surface area contributed by atoms with Gasteiger partial charge in [-0.05, 0) is 25.1 Å². The van der Waals surface area contributed by atoms with Gasteiger partial charge in [0.05, 0.1) is 24.0 Å². The Balaban J connectivity index is 1.91. The first-order chi connectivity index (χ1) is 11.4. The van der Waals surface area contributed by atoms with Gasteiger partial charge < -0.3 is 20.1 Å². The summed E-state index contributed by atoms with van der Waals surface area (Å²) in [5, 5.41) is 22.5. The minimum atomic E-state index is -0.823. The molecule has 1 atom stereocenters. The lowest BCUT2D eigenvalue weighted by atomic mass is 10.1. The van der Waals surface area contributed by atoms with E-state index in [9.17, 15) is 19.7 Å². The first-order valence-electron chi connectivity index (χ1n) is 7.48. The van der Waals surface area contributed by atoms with Gasteiger partial charge in [-0.1, -0.05) is 0 Å². The van der Waals surface area contributed by atoms with Gasteiger partial charge >= 0.3 is 5.97 Å². The van der Waals surface area contributed by atoms with E-state index in [4.69, 9.17) is 9.84 Å². The Kier molecular flexibility index (Phi) is 5.69. The minimum absolute atomic E-state index is 0.107. The smallest absolute Gasteiger partial charge is 0.307 e. The Bertz CT molecular complexity index is 648. The number of aliphatic carboxylic acids is 1. The van der Waals surface area contributed by atoms with Crippen LogP contribution in [0.25, 0.3) is 0 Å². The fourth-order valence-corrected chi connectivity index (χ4v) is 2.60. The fourth-order valence-electron chi connectivity index (χ4n) is 2.60. The van der Waals surface area contributed by atoms with Crippen LogP contribution in [-0.2, 0) is 9.59 Å². The normalized spacial score (nSPS) is 17.5. The van der Waals surface area contributed by atoms with Crippen LogP contribution in [0.15, 0.2) is 18.2 Å². The van der Waals surface area contributed by atoms with Crippen molar-refractivity contribution >= 4 is 23.3 Å². The molecule has 0 aliphatic carbocycles. The Labute approximate surface area is 138 Å². The molecule has 2 N–H and O–H groups in total. The number of carboxylic acid groups (broad SMARTS) is 1. The van der Waals surface area contributed by atoms with E-state index in [0.29, 0.717) is 31.8 Å². The number of hydrogen-bond donors (Lipinski definition) is 2. The molecule has 9 nitrogen and oxygen atoms in total. The Hall–Kier alpha value is -2.68. The van der Waals surface area contributed by atoms with Crippen LogP contribution in [0.1, 0.15) is 12.8 Å². The zero-order chi connectivity index (χ0) is 17.7. The van der Waals surface area contributed by atoms with E-state index in [1.807, 2.05) is 4.90 Å². The van der Waals surface area contributed by atoms with Crippen molar-refractivity contribution in [3.05, 3.63) is 28.3 Å². The van der Waals surface area contributed by atoms with Gasteiger partial charge in [-0.15, -0.1) is 0 Å². The average molecular weight is 337 g/mol. The van der Waals surface area contributed by atoms with Crippen molar-refractivity contribution in [2.24, 2.45) is 5.92 Å². The highest BCUT2D eigenvalue weighted by Crippen LogP contribution is 2.29. The van der Waals surface area contributed by atoms with Gasteiger partial charge in [0.25, 0.3) is 5.69 Å². The summed E-state index contributed by atoms with van der Waals surface area (Å²) in [7, 11) is 1.40. The van der Waals surface area contributed by atoms with Crippen LogP contribution in [0, 0.1) is 16.0 Å². The maximum Gasteiger partial charge on any atom is 0.307 e. The topological polar surface area (TPSA) is 122 Å². The highest BCUT2D eigenvalue weighted by molar-refractivity contribution is 5.93. The number of amides is 1. The van der Waals surface area contributed by atoms with Crippen LogP contribution in [0.5, 0.6) is 5.75 Å². The first-order valence-corrected chi connectivity index (χ1v) is 7.48. The standard InChI is InChI=1S/C15H19N3O6/c1-24-11-2-3-12(13(8-11)18(22)23)16-14(19)5-7-17-6-4-10(9-17)15(20)21/h2-3,8,10H,4-7,9H2,1H3,(H,16,19)(H,20,21). The fraction of sp³-hybridized carbons (Fsp3) is 0.467. The van der Waals surface area contributed by atoms with E-state index in [0.717, 1.165) is 0 Å². The summed E-state index contributed by atoms with van der Waals surface area (Å²) in [6, 6.07) is 4.19. The predicted octanol–water partition coefficient (Wildman–Crippen LogP) is 1.34. The third-order valence-corrected chi connectivity index (χ3v) is 3.95. The molecule has 1 fully saturated rings. The number of likely N-dealkylation sites (tertiary alicyclic amines) is 1. The molecule has 9 heteroatoms. The van der Waals surface area contributed by atoms with Gasteiger partial charge in [0.2, 0.25) is 5.91 Å². The van der Waals surface area contributed by atoms with Crippen LogP contribution < -0.4 is 10.1 Å². The van der Waals surface area contributed by atoms with Crippen molar-refractivity contribution in [1.82, 2.24) is 4.90 Å². The van der Waals surface area contributed by atoms with E-state index >= 15 is 0 Å². The Morgan fingerprint density at radius 1 is 1.50 bits per heavy atom. The lowest BCUT2D eigenvalue weighted by Crippen LogP contribution is -2.27. The molecule has 130 valence electrons. The quantitative estimate of drug-likeness (QED) is 0.568. The van der Waals surface area contributed by atoms with Crippen molar-refractivity contribution in [2.45, 2.75) is 12.8 Å². The summed E-state index contributed by atoms with van der Waals surface area (Å²) < 4.78 is 4.94. The molecule has 1 unspecified atom stereocenters. The molecule has 1 aliphatic rings. The number of methoxy groups -OCH3 is 1. The number of carboxylic acids is 1. The van der Waals surface area contributed by atoms with Crippen LogP contribution in [-0.4, -0.2) is 53.6 Å². The van der Waals surface area contributed by atoms with E-state index in [-0.39, 0.29) is 23.7 Å². The number of rotatable bonds is 7. The molecular weight excluding hydrogens is 318 g/mol. The van der Waals surface area contributed by atoms with Gasteiger partial charge in [-0.3, -0.25) is 19.7 Å². The Morgan fingerprint density at radius 3 is 2.83 bits per heavy atom. The molecule has 1 aliphatic heterocycles. The number of ether oxygens (including phenoxy) is 1. The van der Waals surface area contributed by atoms with Crippen molar-refractivity contribution in [2.75, 3.05) is 32.1 Å². The number of nitro groups is 1. The molecule has 0 aromatic heterocycles. The van der Waals surface area contributed by atoms with Crippen LogP contribution in [0.2, 0.25) is 0 Å². The second kappa shape index (κ2) is 7.73. The SMILES string of the molecule is COc1ccc(NC(=O)CCN2CCC(C(=O)O)C2)c([N+](=O)[O-])c1. The molecule has 0 bridgehead atoms. The zero-order valence-electron chi connectivity index (χ0n) is 13.2. The molecule has 1 aromatic carbocycles. The number of nitro benzene ring substituents is 1. The van der Waals surface area contributed by atoms with Crippen LogP contribution in [0.4, 0.5) is 11.4 Å². The van der Waals surface area contributed by atoms with Gasteiger partial charge in [-0.25, -0.2) is 0 Å². The largest absolute Gasteiger partial charge is 0.496 e. The number of anilines is 1. The summed E-state index contributed by atoms with van der Waals surface area (Å²) >= 11 is 0. The molecule has 0 spiro atoms. The summed E-state index contributed by atoms with van der Waals surface area (Å²) in [5.74, 6) is -1.25. The van der Waals surface area contributed by atoms with Crippen molar-refractivity contribution < 1.29 is 24.4 Å². The summed E-state index contributed by atoms with van der Waals surface area (Å²) in [4.78, 5) is 35.3. The predicted molar refractivity (Wildman–Crippen MR) is 85.1 cm³/mol. The van der Waals surface area contributed by atoms with E-state index in [1.54, 1.807) is 0 Å². The number of nitrogens with zero attached hydrogens (tertiary/aromatic N) is 2.